The summed E-state index contributed by atoms with van der Waals surface area (Å²) in [6.07, 6.45) is 7.91. The van der Waals surface area contributed by atoms with E-state index in [0.717, 1.165) is 42.6 Å². The fraction of sp³-hybridized carbons (Fsp3) is 0.320. The molecule has 0 saturated heterocycles. The second kappa shape index (κ2) is 9.99. The molecule has 1 atom stereocenters. The van der Waals surface area contributed by atoms with Crippen molar-refractivity contribution in [2.24, 2.45) is 0 Å². The molecule has 1 aliphatic carbocycles. The zero-order valence-corrected chi connectivity index (χ0v) is 18.2. The van der Waals surface area contributed by atoms with E-state index >= 15 is 0 Å². The molecule has 7 heteroatoms. The minimum Gasteiger partial charge on any atom is -0.497 e. The Balaban J connectivity index is 1.48. The van der Waals surface area contributed by atoms with Gasteiger partial charge in [-0.05, 0) is 59.7 Å². The monoisotopic (exact) mass is 435 g/mol. The summed E-state index contributed by atoms with van der Waals surface area (Å²) in [6.45, 7) is 1.59. The number of carbonyl (C=O) groups excluding carboxylic acids is 1. The molecule has 1 amide bonds. The van der Waals surface area contributed by atoms with Crippen molar-refractivity contribution in [3.05, 3.63) is 70.9 Å². The van der Waals surface area contributed by atoms with Crippen LogP contribution in [0.4, 0.5) is 0 Å². The summed E-state index contributed by atoms with van der Waals surface area (Å²) in [5, 5.41) is 19.5. The highest BCUT2D eigenvalue weighted by Gasteiger charge is 2.27. The van der Waals surface area contributed by atoms with Gasteiger partial charge in [0, 0.05) is 48.4 Å². The number of nitrogens with one attached hydrogen (secondary N) is 2. The highest BCUT2D eigenvalue weighted by Crippen LogP contribution is 2.36. The van der Waals surface area contributed by atoms with Gasteiger partial charge >= 0.3 is 0 Å². The van der Waals surface area contributed by atoms with E-state index in [9.17, 15) is 9.90 Å². The van der Waals surface area contributed by atoms with Gasteiger partial charge in [-0.3, -0.25) is 14.9 Å². The number of ether oxygens (including phenoxy) is 1. The number of methoxy groups -OCH3 is 1. The first-order valence-electron chi connectivity index (χ1n) is 10.9. The Bertz CT molecular complexity index is 1120. The average Bonchev–Trinajstić information content (AvgIpc) is 3.43. The van der Waals surface area contributed by atoms with Gasteiger partial charge in [0.2, 0.25) is 0 Å². The molecular weight excluding hydrogens is 406 g/mol. The smallest absolute Gasteiger partial charge is 0.267 e. The highest BCUT2D eigenvalue weighted by molar-refractivity contribution is 5.90. The summed E-state index contributed by atoms with van der Waals surface area (Å²) in [6, 6.07) is 12.5. The van der Waals surface area contributed by atoms with Crippen molar-refractivity contribution in [2.75, 3.05) is 26.8 Å². The molecule has 0 radical (unpaired) electrons. The van der Waals surface area contributed by atoms with Crippen LogP contribution in [0.5, 0.6) is 5.75 Å². The predicted molar refractivity (Wildman–Crippen MR) is 124 cm³/mol. The van der Waals surface area contributed by atoms with Crippen LogP contribution in [0.2, 0.25) is 0 Å². The fourth-order valence-electron chi connectivity index (χ4n) is 4.62. The van der Waals surface area contributed by atoms with Crippen LogP contribution in [0.25, 0.3) is 17.0 Å². The lowest BCUT2D eigenvalue weighted by molar-refractivity contribution is -0.124. The summed E-state index contributed by atoms with van der Waals surface area (Å²) < 4.78 is 5.31. The number of carbonyl (C=O) groups is 1. The third-order valence-electron chi connectivity index (χ3n) is 6.22. The third-order valence-corrected chi connectivity index (χ3v) is 6.22. The van der Waals surface area contributed by atoms with Crippen LogP contribution < -0.4 is 10.2 Å². The van der Waals surface area contributed by atoms with Crippen LogP contribution in [-0.4, -0.2) is 52.9 Å². The standard InChI is InChI=1S/C25H29N3O4/c1-32-20-5-7-21-19(16-26-23(21)15-20)10-11-28(12-13-29)24-8-4-18-14-17(2-6-22(18)24)3-9-25(30)27-31/h2-3,5-7,9,14-16,24,26,29,31H,4,8,10-13H2,1H3,(H,27,30). The number of aliphatic hydroxyl groups is 1. The number of nitrogens with zero attached hydrogens (tertiary/aromatic N) is 1. The van der Waals surface area contributed by atoms with Gasteiger partial charge in [-0.1, -0.05) is 18.2 Å². The molecule has 1 heterocycles. The van der Waals surface area contributed by atoms with Gasteiger partial charge in [-0.2, -0.15) is 0 Å². The van der Waals surface area contributed by atoms with Crippen molar-refractivity contribution in [2.45, 2.75) is 25.3 Å². The molecule has 1 unspecified atom stereocenters. The van der Waals surface area contributed by atoms with E-state index in [1.54, 1.807) is 18.7 Å². The number of H-pyrrole nitrogens is 1. The van der Waals surface area contributed by atoms with Crippen molar-refractivity contribution >= 4 is 22.9 Å². The Kier molecular flexibility index (Phi) is 6.90. The summed E-state index contributed by atoms with van der Waals surface area (Å²) in [5.41, 5.74) is 7.40. The van der Waals surface area contributed by atoms with Crippen molar-refractivity contribution < 1.29 is 19.8 Å². The number of amides is 1. The summed E-state index contributed by atoms with van der Waals surface area (Å²) in [5.74, 6) is 0.287. The molecule has 7 nitrogen and oxygen atoms in total. The minimum absolute atomic E-state index is 0.119. The van der Waals surface area contributed by atoms with Crippen LogP contribution in [0.3, 0.4) is 0 Å². The number of rotatable bonds is 9. The van der Waals surface area contributed by atoms with Gasteiger partial charge < -0.3 is 14.8 Å². The molecule has 0 bridgehead atoms. The topological polar surface area (TPSA) is 97.8 Å². The van der Waals surface area contributed by atoms with Gasteiger partial charge in [0.15, 0.2) is 0 Å². The Morgan fingerprint density at radius 3 is 2.94 bits per heavy atom. The lowest BCUT2D eigenvalue weighted by Gasteiger charge is -2.29. The van der Waals surface area contributed by atoms with Gasteiger partial charge in [0.05, 0.1) is 13.7 Å². The third kappa shape index (κ3) is 4.70. The average molecular weight is 436 g/mol. The normalized spacial score (nSPS) is 15.6. The zero-order chi connectivity index (χ0) is 22.5. The van der Waals surface area contributed by atoms with Gasteiger partial charge in [0.1, 0.15) is 5.75 Å². The molecule has 4 N–H and O–H groups in total. The van der Waals surface area contributed by atoms with Gasteiger partial charge in [-0.15, -0.1) is 0 Å². The second-order valence-electron chi connectivity index (χ2n) is 8.06. The van der Waals surface area contributed by atoms with Crippen LogP contribution >= 0.6 is 0 Å². The first-order chi connectivity index (χ1) is 15.6. The summed E-state index contributed by atoms with van der Waals surface area (Å²) in [7, 11) is 1.67. The van der Waals surface area contributed by atoms with Crippen LogP contribution in [-0.2, 0) is 17.6 Å². The number of fused-ring (bicyclic) bond motifs is 2. The molecule has 0 aliphatic heterocycles. The van der Waals surface area contributed by atoms with Crippen molar-refractivity contribution in [3.8, 4) is 5.75 Å². The van der Waals surface area contributed by atoms with E-state index in [1.807, 2.05) is 18.2 Å². The molecular formula is C25H29N3O4. The summed E-state index contributed by atoms with van der Waals surface area (Å²) >= 11 is 0. The van der Waals surface area contributed by atoms with E-state index in [-0.39, 0.29) is 12.6 Å². The number of hydrogen-bond donors (Lipinski definition) is 4. The van der Waals surface area contributed by atoms with Crippen LogP contribution in [0, 0.1) is 0 Å². The van der Waals surface area contributed by atoms with E-state index in [2.05, 4.69) is 34.3 Å². The molecule has 4 rings (SSSR count). The zero-order valence-electron chi connectivity index (χ0n) is 18.2. The van der Waals surface area contributed by atoms with Gasteiger partial charge in [0.25, 0.3) is 5.91 Å². The lowest BCUT2D eigenvalue weighted by atomic mass is 10.0. The fourth-order valence-corrected chi connectivity index (χ4v) is 4.62. The van der Waals surface area contributed by atoms with E-state index < -0.39 is 5.91 Å². The minimum atomic E-state index is -0.548. The Hall–Kier alpha value is -3.13. The largest absolute Gasteiger partial charge is 0.497 e. The number of aromatic amines is 1. The van der Waals surface area contributed by atoms with E-state index in [1.165, 1.54) is 28.2 Å². The Morgan fingerprint density at radius 1 is 1.28 bits per heavy atom. The first kappa shape index (κ1) is 22.1. The molecule has 0 saturated carbocycles. The molecule has 0 fully saturated rings. The lowest BCUT2D eigenvalue weighted by Crippen LogP contribution is -2.32. The molecule has 3 aromatic rings. The Morgan fingerprint density at radius 2 is 2.16 bits per heavy atom. The maximum Gasteiger partial charge on any atom is 0.267 e. The second-order valence-corrected chi connectivity index (χ2v) is 8.06. The van der Waals surface area contributed by atoms with E-state index in [4.69, 9.17) is 9.94 Å². The SMILES string of the molecule is COc1ccc2c(CCN(CCO)C3CCc4cc(C=CC(=O)NO)ccc43)c[nH]c2c1. The number of aromatic nitrogens is 1. The van der Waals surface area contributed by atoms with E-state index in [0.29, 0.717) is 6.54 Å². The van der Waals surface area contributed by atoms with Crippen molar-refractivity contribution in [1.29, 1.82) is 0 Å². The predicted octanol–water partition coefficient (Wildman–Crippen LogP) is 3.22. The quantitative estimate of drug-likeness (QED) is 0.235. The molecule has 1 aliphatic rings. The molecule has 2 aromatic carbocycles. The highest BCUT2D eigenvalue weighted by atomic mass is 16.5. The number of benzene rings is 2. The van der Waals surface area contributed by atoms with Crippen LogP contribution in [0.15, 0.2) is 48.7 Å². The number of aliphatic hydroxyl groups excluding tert-OH is 1. The summed E-state index contributed by atoms with van der Waals surface area (Å²) in [4.78, 5) is 16.9. The molecule has 1 aromatic heterocycles. The first-order valence-corrected chi connectivity index (χ1v) is 10.9. The van der Waals surface area contributed by atoms with Gasteiger partial charge in [-0.25, -0.2) is 5.48 Å². The van der Waals surface area contributed by atoms with Crippen molar-refractivity contribution in [1.82, 2.24) is 15.4 Å². The molecule has 32 heavy (non-hydrogen) atoms. The number of hydroxylamine groups is 1. The van der Waals surface area contributed by atoms with Crippen molar-refractivity contribution in [3.63, 3.8) is 0 Å². The van der Waals surface area contributed by atoms with Crippen LogP contribution in [0.1, 0.15) is 34.7 Å². The maximum atomic E-state index is 11.2. The molecule has 168 valence electrons. The number of aryl methyl sites for hydroxylation is 1. The maximum absolute atomic E-state index is 11.2. The molecule has 0 spiro atoms. The number of hydrogen-bond acceptors (Lipinski definition) is 5. The Labute approximate surface area is 187 Å².